The fraction of sp³-hybridized carbons (Fsp3) is 0. The second-order valence-electron chi connectivity index (χ2n) is 4.06. The van der Waals surface area contributed by atoms with E-state index in [9.17, 15) is 0 Å². The van der Waals surface area contributed by atoms with Crippen molar-refractivity contribution in [2.24, 2.45) is 0 Å². The third kappa shape index (κ3) is 1.40. The summed E-state index contributed by atoms with van der Waals surface area (Å²) in [5.41, 5.74) is 14.4. The van der Waals surface area contributed by atoms with E-state index in [1.807, 2.05) is 6.07 Å². The molecule has 7 heteroatoms. The van der Waals surface area contributed by atoms with E-state index in [2.05, 4.69) is 15.0 Å². The number of H-pyrrole nitrogens is 1. The molecule has 6 N–H and O–H groups in total. The van der Waals surface area contributed by atoms with Crippen LogP contribution in [0.1, 0.15) is 5.56 Å². The van der Waals surface area contributed by atoms with Crippen LogP contribution >= 0.6 is 0 Å². The lowest BCUT2D eigenvalue weighted by Gasteiger charge is -1.97. The van der Waals surface area contributed by atoms with Crippen LogP contribution < -0.4 is 16.8 Å². The van der Waals surface area contributed by atoms with Crippen LogP contribution in [0.15, 0.2) is 18.6 Å². The third-order valence-electron chi connectivity index (χ3n) is 3.00. The van der Waals surface area contributed by atoms with Crippen molar-refractivity contribution in [2.75, 3.05) is 11.5 Å². The number of aromatic nitrogens is 3. The van der Waals surface area contributed by atoms with Gasteiger partial charge in [0.05, 0.1) is 34.1 Å². The Morgan fingerprint density at radius 2 is 2.05 bits per heavy atom. The van der Waals surface area contributed by atoms with Gasteiger partial charge in [0.25, 0.3) is 0 Å². The third-order valence-corrected chi connectivity index (χ3v) is 3.00. The number of fused-ring (bicyclic) bond motifs is 2. The number of nitrogens with one attached hydrogen (secondary N) is 2. The van der Waals surface area contributed by atoms with E-state index in [0.717, 1.165) is 0 Å². The Hall–Kier alpha value is -3.14. The first-order valence-electron chi connectivity index (χ1n) is 5.42. The summed E-state index contributed by atoms with van der Waals surface area (Å²) < 4.78 is 0. The van der Waals surface area contributed by atoms with Gasteiger partial charge in [0.15, 0.2) is 5.65 Å². The highest BCUT2D eigenvalue weighted by Gasteiger charge is 2.20. The minimum Gasteiger partial charge on any atom is -0.397 e. The molecule has 7 nitrogen and oxygen atoms in total. The first-order chi connectivity index (χ1) is 9.13. The monoisotopic (exact) mass is 251 g/mol. The molecule has 0 amide bonds. The van der Waals surface area contributed by atoms with Crippen LogP contribution in [0.2, 0.25) is 0 Å². The van der Waals surface area contributed by atoms with Gasteiger partial charge in [-0.25, -0.2) is 9.97 Å². The molecular weight excluding hydrogens is 242 g/mol. The van der Waals surface area contributed by atoms with Crippen molar-refractivity contribution >= 4 is 22.5 Å². The van der Waals surface area contributed by atoms with Gasteiger partial charge >= 0.3 is 0 Å². The fourth-order valence-corrected chi connectivity index (χ4v) is 2.08. The normalized spacial score (nSPS) is 10.7. The lowest BCUT2D eigenvalue weighted by atomic mass is 10.1. The van der Waals surface area contributed by atoms with Crippen LogP contribution in [0.5, 0.6) is 0 Å². The van der Waals surface area contributed by atoms with Crippen molar-refractivity contribution in [1.82, 2.24) is 15.0 Å². The highest BCUT2D eigenvalue weighted by Crippen LogP contribution is 2.37. The molecule has 1 aromatic rings. The molecule has 3 rings (SSSR count). The number of nitriles is 1. The van der Waals surface area contributed by atoms with Crippen LogP contribution in [0.3, 0.4) is 0 Å². The zero-order valence-electron chi connectivity index (χ0n) is 9.73. The summed E-state index contributed by atoms with van der Waals surface area (Å²) >= 11 is 0. The first-order valence-corrected chi connectivity index (χ1v) is 5.42. The predicted octanol–water partition coefficient (Wildman–Crippen LogP) is 0.578. The molecule has 1 aliphatic heterocycles. The van der Waals surface area contributed by atoms with Crippen molar-refractivity contribution in [2.45, 2.75) is 0 Å². The molecule has 0 spiro atoms. The second kappa shape index (κ2) is 3.68. The molecule has 1 aliphatic carbocycles. The minimum absolute atomic E-state index is 0.164. The highest BCUT2D eigenvalue weighted by atomic mass is 14.9. The molecule has 2 aliphatic rings. The van der Waals surface area contributed by atoms with Gasteiger partial charge in [-0.1, -0.05) is 0 Å². The predicted molar refractivity (Wildman–Crippen MR) is 69.9 cm³/mol. The number of hydrogen-bond donors (Lipinski definition) is 4. The zero-order valence-corrected chi connectivity index (χ0v) is 9.73. The fourth-order valence-electron chi connectivity index (χ4n) is 2.08. The van der Waals surface area contributed by atoms with Crippen molar-refractivity contribution in [3.05, 3.63) is 29.5 Å². The van der Waals surface area contributed by atoms with E-state index < -0.39 is 0 Å². The van der Waals surface area contributed by atoms with Gasteiger partial charge in [-0.3, -0.25) is 0 Å². The maximum Gasteiger partial charge on any atom is 0.177 e. The molecule has 1 aromatic heterocycles. The molecule has 19 heavy (non-hydrogen) atoms. The smallest absolute Gasteiger partial charge is 0.177 e. The molecule has 0 saturated heterocycles. The lowest BCUT2D eigenvalue weighted by Crippen LogP contribution is -2.04. The number of hydrogen-bond acceptors (Lipinski definition) is 6. The Bertz CT molecular complexity index is 872. The summed E-state index contributed by atoms with van der Waals surface area (Å²) in [6.07, 6.45) is 2.98. The van der Waals surface area contributed by atoms with E-state index in [1.165, 1.54) is 12.5 Å². The Labute approximate surface area is 107 Å². The molecule has 0 atom stereocenters. The van der Waals surface area contributed by atoms with E-state index in [-0.39, 0.29) is 22.3 Å². The number of rotatable bonds is 0. The molecule has 0 saturated carbocycles. The summed E-state index contributed by atoms with van der Waals surface area (Å²) in [6, 6.07) is 3.52. The number of imidazole rings is 1. The van der Waals surface area contributed by atoms with Crippen LogP contribution in [0.25, 0.3) is 22.3 Å². The summed E-state index contributed by atoms with van der Waals surface area (Å²) in [5.74, 6) is 0. The van der Waals surface area contributed by atoms with Crippen LogP contribution in [0, 0.1) is 16.7 Å². The molecule has 2 heterocycles. The SMILES string of the molecule is N#Cc1c(N)c2cnc3nc[nH]c3cc(=N)c-2c1N. The summed E-state index contributed by atoms with van der Waals surface area (Å²) in [4.78, 5) is 11.1. The van der Waals surface area contributed by atoms with E-state index >= 15 is 0 Å². The quantitative estimate of drug-likeness (QED) is 0.462. The molecular formula is C12H9N7. The largest absolute Gasteiger partial charge is 0.397 e. The second-order valence-corrected chi connectivity index (χ2v) is 4.06. The molecule has 0 fully saturated rings. The minimum atomic E-state index is 0.164. The number of aromatic amines is 1. The molecule has 92 valence electrons. The molecule has 0 unspecified atom stereocenters. The summed E-state index contributed by atoms with van der Waals surface area (Å²) in [7, 11) is 0. The Morgan fingerprint density at radius 1 is 1.26 bits per heavy atom. The van der Waals surface area contributed by atoms with E-state index in [1.54, 1.807) is 6.07 Å². The van der Waals surface area contributed by atoms with Crippen molar-refractivity contribution in [3.63, 3.8) is 0 Å². The van der Waals surface area contributed by atoms with Crippen LogP contribution in [-0.4, -0.2) is 15.0 Å². The van der Waals surface area contributed by atoms with Crippen molar-refractivity contribution in [3.8, 4) is 17.2 Å². The molecule has 0 bridgehead atoms. The maximum absolute atomic E-state index is 9.06. The Balaban J connectivity index is 2.58. The summed E-state index contributed by atoms with van der Waals surface area (Å²) in [5, 5.41) is 17.3. The average Bonchev–Trinajstić information content (AvgIpc) is 2.87. The topological polar surface area (TPSA) is 141 Å². The highest BCUT2D eigenvalue weighted by molar-refractivity contribution is 5.96. The Kier molecular flexibility index (Phi) is 2.13. The van der Waals surface area contributed by atoms with Gasteiger partial charge in [-0.15, -0.1) is 0 Å². The number of nitrogens with two attached hydrogens (primary N) is 2. The van der Waals surface area contributed by atoms with Gasteiger partial charge in [0.2, 0.25) is 0 Å². The summed E-state index contributed by atoms with van der Waals surface area (Å²) in [6.45, 7) is 0. The van der Waals surface area contributed by atoms with Gasteiger partial charge in [0, 0.05) is 17.3 Å². The zero-order chi connectivity index (χ0) is 13.6. The number of nitrogen functional groups attached to an aromatic ring is 2. The van der Waals surface area contributed by atoms with Crippen LogP contribution in [0.4, 0.5) is 11.4 Å². The van der Waals surface area contributed by atoms with Gasteiger partial charge < -0.3 is 21.9 Å². The maximum atomic E-state index is 9.06. The first kappa shape index (κ1) is 11.0. The molecule has 0 aromatic carbocycles. The Morgan fingerprint density at radius 3 is 2.79 bits per heavy atom. The van der Waals surface area contributed by atoms with E-state index in [0.29, 0.717) is 22.3 Å². The lowest BCUT2D eigenvalue weighted by molar-refractivity contribution is 1.28. The number of anilines is 2. The van der Waals surface area contributed by atoms with Gasteiger partial charge in [-0.2, -0.15) is 5.26 Å². The van der Waals surface area contributed by atoms with Crippen molar-refractivity contribution in [1.29, 1.82) is 10.7 Å². The van der Waals surface area contributed by atoms with Crippen LogP contribution in [-0.2, 0) is 0 Å². The van der Waals surface area contributed by atoms with Gasteiger partial charge in [0.1, 0.15) is 6.07 Å². The molecule has 0 radical (unpaired) electrons. The average molecular weight is 251 g/mol. The van der Waals surface area contributed by atoms with E-state index in [4.69, 9.17) is 22.1 Å². The number of nitrogens with zero attached hydrogens (tertiary/aromatic N) is 3. The van der Waals surface area contributed by atoms with Gasteiger partial charge in [-0.05, 0) is 6.07 Å². The van der Waals surface area contributed by atoms with Crippen molar-refractivity contribution < 1.29 is 0 Å². The standard InChI is InChI=1S/C12H9N7/c13-2-5-10(15)6-3-17-12-8(18-4-19-12)1-7(14)9(6)11(5)16/h1,3-4,14H,15-16H2,(H,17,18,19).